The van der Waals surface area contributed by atoms with Crippen LogP contribution in [0, 0.1) is 5.41 Å². The third kappa shape index (κ3) is 2.42. The number of hydrogen-bond acceptors (Lipinski definition) is 4. The summed E-state index contributed by atoms with van der Waals surface area (Å²) < 4.78 is 37.8. The second kappa shape index (κ2) is 4.84. The number of rotatable bonds is 2. The van der Waals surface area contributed by atoms with Crippen LogP contribution < -0.4 is 11.5 Å². The zero-order valence-corrected chi connectivity index (χ0v) is 10.2. The molecular weight excluding hydrogens is 269 g/mol. The zero-order chi connectivity index (χ0) is 14.9. The van der Waals surface area contributed by atoms with Crippen molar-refractivity contribution in [3.05, 3.63) is 42.2 Å². The molecule has 0 aliphatic rings. The Morgan fingerprint density at radius 2 is 1.95 bits per heavy atom. The summed E-state index contributed by atoms with van der Waals surface area (Å²) in [5.41, 5.74) is 10.2. The number of hydrogen-bond donors (Lipinski definition) is 3. The molecule has 0 radical (unpaired) electrons. The van der Waals surface area contributed by atoms with Gasteiger partial charge in [-0.2, -0.15) is 13.2 Å². The van der Waals surface area contributed by atoms with Crippen molar-refractivity contribution in [3.63, 3.8) is 0 Å². The number of benzene rings is 1. The second-order valence-corrected chi connectivity index (χ2v) is 4.09. The van der Waals surface area contributed by atoms with Crippen molar-refractivity contribution >= 4 is 27.9 Å². The molecule has 0 saturated carbocycles. The van der Waals surface area contributed by atoms with Gasteiger partial charge in [0.2, 0.25) is 0 Å². The van der Waals surface area contributed by atoms with Crippen molar-refractivity contribution in [2.75, 3.05) is 5.73 Å². The Morgan fingerprint density at radius 1 is 1.25 bits per heavy atom. The Balaban J connectivity index is 2.57. The first-order valence-corrected chi connectivity index (χ1v) is 5.57. The van der Waals surface area contributed by atoms with Crippen molar-refractivity contribution < 1.29 is 13.2 Å². The normalized spacial score (nSPS) is 12.7. The SMILES string of the molecule is N=C(/C(=C\N)c1ccc2nccc(N)c2c1)C(F)(F)F. The molecule has 0 fully saturated rings. The van der Waals surface area contributed by atoms with Crippen molar-refractivity contribution in [3.8, 4) is 0 Å². The number of aromatic nitrogens is 1. The Hall–Kier alpha value is -2.57. The van der Waals surface area contributed by atoms with Crippen LogP contribution in [0.15, 0.2) is 36.7 Å². The molecular formula is C13H11F3N4. The van der Waals surface area contributed by atoms with Crippen LogP contribution in [-0.4, -0.2) is 16.9 Å². The van der Waals surface area contributed by atoms with E-state index in [-0.39, 0.29) is 5.56 Å². The lowest BCUT2D eigenvalue weighted by Gasteiger charge is -2.13. The summed E-state index contributed by atoms with van der Waals surface area (Å²) in [6, 6.07) is 5.95. The molecule has 7 heteroatoms. The first-order valence-electron chi connectivity index (χ1n) is 5.57. The molecule has 0 atom stereocenters. The van der Waals surface area contributed by atoms with E-state index >= 15 is 0 Å². The molecule has 4 nitrogen and oxygen atoms in total. The molecule has 0 aliphatic carbocycles. The lowest BCUT2D eigenvalue weighted by atomic mass is 9.99. The number of nitrogens with one attached hydrogen (secondary N) is 1. The second-order valence-electron chi connectivity index (χ2n) is 4.09. The molecule has 0 saturated heterocycles. The number of halogens is 3. The van der Waals surface area contributed by atoms with E-state index in [1.807, 2.05) is 0 Å². The highest BCUT2D eigenvalue weighted by molar-refractivity contribution is 6.25. The van der Waals surface area contributed by atoms with Crippen molar-refractivity contribution in [2.45, 2.75) is 6.18 Å². The molecule has 1 aromatic carbocycles. The van der Waals surface area contributed by atoms with E-state index in [0.29, 0.717) is 16.6 Å². The predicted molar refractivity (Wildman–Crippen MR) is 72.1 cm³/mol. The summed E-state index contributed by atoms with van der Waals surface area (Å²) in [5.74, 6) is 0. The van der Waals surface area contributed by atoms with Gasteiger partial charge in [-0.05, 0) is 23.8 Å². The van der Waals surface area contributed by atoms with E-state index in [1.54, 1.807) is 6.07 Å². The molecule has 1 aromatic heterocycles. The number of pyridine rings is 1. The minimum absolute atomic E-state index is 0.169. The fraction of sp³-hybridized carbons (Fsp3) is 0.0769. The van der Waals surface area contributed by atoms with E-state index in [2.05, 4.69) is 4.98 Å². The van der Waals surface area contributed by atoms with Gasteiger partial charge in [0.15, 0.2) is 0 Å². The van der Waals surface area contributed by atoms with Crippen molar-refractivity contribution in [1.29, 1.82) is 5.41 Å². The van der Waals surface area contributed by atoms with Gasteiger partial charge in [0.25, 0.3) is 0 Å². The molecule has 0 spiro atoms. The summed E-state index contributed by atoms with van der Waals surface area (Å²) in [6.07, 6.45) is -2.49. The molecule has 5 N–H and O–H groups in total. The first-order chi connectivity index (χ1) is 9.34. The van der Waals surface area contributed by atoms with Crippen LogP contribution in [0.25, 0.3) is 16.5 Å². The number of anilines is 1. The van der Waals surface area contributed by atoms with E-state index in [9.17, 15) is 13.2 Å². The van der Waals surface area contributed by atoms with Gasteiger partial charge in [-0.15, -0.1) is 0 Å². The van der Waals surface area contributed by atoms with Gasteiger partial charge in [0.05, 0.1) is 5.52 Å². The van der Waals surface area contributed by atoms with E-state index in [4.69, 9.17) is 16.9 Å². The van der Waals surface area contributed by atoms with E-state index < -0.39 is 17.5 Å². The summed E-state index contributed by atoms with van der Waals surface area (Å²) in [6.45, 7) is 0. The van der Waals surface area contributed by atoms with Crippen LogP contribution in [0.3, 0.4) is 0 Å². The molecule has 0 bridgehead atoms. The fourth-order valence-electron chi connectivity index (χ4n) is 1.81. The van der Waals surface area contributed by atoms with Gasteiger partial charge in [0, 0.05) is 29.0 Å². The highest BCUT2D eigenvalue weighted by atomic mass is 19.4. The molecule has 2 aromatic rings. The van der Waals surface area contributed by atoms with Gasteiger partial charge in [0.1, 0.15) is 5.71 Å². The van der Waals surface area contributed by atoms with Crippen LogP contribution in [0.2, 0.25) is 0 Å². The highest BCUT2D eigenvalue weighted by Gasteiger charge is 2.37. The van der Waals surface area contributed by atoms with Crippen LogP contribution >= 0.6 is 0 Å². The number of nitrogen functional groups attached to an aromatic ring is 1. The van der Waals surface area contributed by atoms with Crippen molar-refractivity contribution in [2.24, 2.45) is 5.73 Å². The maximum Gasteiger partial charge on any atom is 0.433 e. The predicted octanol–water partition coefficient (Wildman–Crippen LogP) is 2.70. The van der Waals surface area contributed by atoms with Crippen LogP contribution in [0.5, 0.6) is 0 Å². The number of nitrogens with zero attached hydrogens (tertiary/aromatic N) is 1. The molecule has 1 heterocycles. The van der Waals surface area contributed by atoms with Gasteiger partial charge >= 0.3 is 6.18 Å². The Morgan fingerprint density at radius 3 is 2.55 bits per heavy atom. The smallest absolute Gasteiger partial charge is 0.404 e. The Bertz CT molecular complexity index is 704. The van der Waals surface area contributed by atoms with Gasteiger partial charge < -0.3 is 11.5 Å². The summed E-state index contributed by atoms with van der Waals surface area (Å²) in [4.78, 5) is 4.06. The number of fused-ring (bicyclic) bond motifs is 1. The maximum atomic E-state index is 12.6. The van der Waals surface area contributed by atoms with Crippen molar-refractivity contribution in [1.82, 2.24) is 4.98 Å². The average molecular weight is 280 g/mol. The molecule has 104 valence electrons. The Labute approximate surface area is 112 Å². The minimum Gasteiger partial charge on any atom is -0.404 e. The molecule has 20 heavy (non-hydrogen) atoms. The number of alkyl halides is 3. The summed E-state index contributed by atoms with van der Waals surface area (Å²) in [5, 5.41) is 7.69. The lowest BCUT2D eigenvalue weighted by Crippen LogP contribution is -2.23. The Kier molecular flexibility index (Phi) is 3.35. The van der Waals surface area contributed by atoms with E-state index in [0.717, 1.165) is 6.20 Å². The van der Waals surface area contributed by atoms with Gasteiger partial charge in [-0.3, -0.25) is 10.4 Å². The van der Waals surface area contributed by atoms with Gasteiger partial charge in [-0.25, -0.2) is 0 Å². The molecule has 0 unspecified atom stereocenters. The average Bonchev–Trinajstić information content (AvgIpc) is 2.39. The lowest BCUT2D eigenvalue weighted by molar-refractivity contribution is -0.0578. The molecule has 0 aliphatic heterocycles. The van der Waals surface area contributed by atoms with E-state index in [1.165, 1.54) is 24.4 Å². The minimum atomic E-state index is -4.76. The zero-order valence-electron chi connectivity index (χ0n) is 10.2. The third-order valence-corrected chi connectivity index (χ3v) is 2.81. The van der Waals surface area contributed by atoms with Crippen LogP contribution in [-0.2, 0) is 0 Å². The van der Waals surface area contributed by atoms with Crippen LogP contribution in [0.1, 0.15) is 5.56 Å². The first kappa shape index (κ1) is 13.9. The number of nitrogens with two attached hydrogens (primary N) is 2. The number of allylic oxidation sites excluding steroid dienone is 1. The fourth-order valence-corrected chi connectivity index (χ4v) is 1.81. The summed E-state index contributed by atoms with van der Waals surface area (Å²) in [7, 11) is 0. The monoisotopic (exact) mass is 280 g/mol. The molecule has 0 amide bonds. The quantitative estimate of drug-likeness (QED) is 0.739. The summed E-state index contributed by atoms with van der Waals surface area (Å²) >= 11 is 0. The largest absolute Gasteiger partial charge is 0.433 e. The maximum absolute atomic E-state index is 12.6. The highest BCUT2D eigenvalue weighted by Crippen LogP contribution is 2.29. The topological polar surface area (TPSA) is 88.8 Å². The standard InChI is InChI=1S/C13H11F3N4/c14-13(15,16)12(19)9(6-17)7-1-2-11-8(5-7)10(18)3-4-20-11/h1-6,19H,17H2,(H2,18,20)/b9-6-,19-12?. The third-order valence-electron chi connectivity index (χ3n) is 2.81. The molecule has 2 rings (SSSR count). The van der Waals surface area contributed by atoms with Crippen LogP contribution in [0.4, 0.5) is 18.9 Å². The van der Waals surface area contributed by atoms with Gasteiger partial charge in [-0.1, -0.05) is 6.07 Å².